The number of allylic oxidation sites excluding steroid dienone is 2. The summed E-state index contributed by atoms with van der Waals surface area (Å²) in [6.07, 6.45) is 33.8. The molecule has 0 bridgehead atoms. The minimum atomic E-state index is -0.689. The maximum absolute atomic E-state index is 12.4. The molecule has 0 heterocycles. The van der Waals surface area contributed by atoms with Crippen molar-refractivity contribution in [3.8, 4) is 0 Å². The number of carboxylic acids is 1. The van der Waals surface area contributed by atoms with Crippen LogP contribution in [0.4, 0.5) is 0 Å². The highest BCUT2D eigenvalue weighted by molar-refractivity contribution is 5.69. The lowest BCUT2D eigenvalue weighted by molar-refractivity contribution is -0.150. The van der Waals surface area contributed by atoms with Gasteiger partial charge in [-0.25, -0.2) is 0 Å². The molecule has 4 heteroatoms. The van der Waals surface area contributed by atoms with E-state index in [1.54, 1.807) is 0 Å². The number of esters is 1. The molecule has 0 amide bonds. The molecule has 4 nitrogen and oxygen atoms in total. The Kier molecular flexibility index (Phi) is 28.2. The first-order valence-electron chi connectivity index (χ1n) is 16.2. The van der Waals surface area contributed by atoms with Crippen LogP contribution < -0.4 is 0 Å². The molecule has 0 aromatic rings. The number of carbonyl (C=O) groups excluding carboxylic acids is 1. The van der Waals surface area contributed by atoms with Gasteiger partial charge in [0.1, 0.15) is 6.10 Å². The molecule has 0 aliphatic carbocycles. The van der Waals surface area contributed by atoms with Crippen molar-refractivity contribution in [3.05, 3.63) is 12.2 Å². The number of hydrogen-bond donors (Lipinski definition) is 1. The molecule has 1 N–H and O–H groups in total. The zero-order valence-electron chi connectivity index (χ0n) is 24.8. The van der Waals surface area contributed by atoms with E-state index in [0.29, 0.717) is 12.8 Å². The SMILES string of the molecule is CCCCCC/C=C\CCCCCCCCC(=O)OC(CCCCC)CCCCCCCCCC(=O)O. The summed E-state index contributed by atoms with van der Waals surface area (Å²) in [5.41, 5.74) is 0. The van der Waals surface area contributed by atoms with Crippen molar-refractivity contribution in [3.63, 3.8) is 0 Å². The predicted octanol–water partition coefficient (Wildman–Crippen LogP) is 10.7. The molecular weight excluding hydrogens is 460 g/mol. The van der Waals surface area contributed by atoms with E-state index in [0.717, 1.165) is 57.8 Å². The van der Waals surface area contributed by atoms with Crippen LogP contribution in [-0.4, -0.2) is 23.1 Å². The van der Waals surface area contributed by atoms with Crippen molar-refractivity contribution in [2.24, 2.45) is 0 Å². The third kappa shape index (κ3) is 29.1. The van der Waals surface area contributed by atoms with E-state index in [4.69, 9.17) is 9.84 Å². The molecule has 0 saturated heterocycles. The van der Waals surface area contributed by atoms with E-state index in [9.17, 15) is 9.59 Å². The molecule has 0 saturated carbocycles. The van der Waals surface area contributed by atoms with Crippen molar-refractivity contribution in [1.82, 2.24) is 0 Å². The summed E-state index contributed by atoms with van der Waals surface area (Å²) in [7, 11) is 0. The minimum absolute atomic E-state index is 0.00371. The molecular formula is C33H62O4. The highest BCUT2D eigenvalue weighted by atomic mass is 16.5. The topological polar surface area (TPSA) is 63.6 Å². The Balaban J connectivity index is 3.77. The fraction of sp³-hybridized carbons (Fsp3) is 0.879. The molecule has 1 unspecified atom stereocenters. The average Bonchev–Trinajstić information content (AvgIpc) is 2.87. The van der Waals surface area contributed by atoms with Gasteiger partial charge in [-0.2, -0.15) is 0 Å². The van der Waals surface area contributed by atoms with Gasteiger partial charge in [-0.1, -0.05) is 116 Å². The van der Waals surface area contributed by atoms with Crippen molar-refractivity contribution < 1.29 is 19.4 Å². The van der Waals surface area contributed by atoms with Crippen LogP contribution in [0, 0.1) is 0 Å². The lowest BCUT2D eigenvalue weighted by atomic mass is 10.0. The Bertz CT molecular complexity index is 528. The molecule has 0 aliphatic rings. The summed E-state index contributed by atoms with van der Waals surface area (Å²) in [4.78, 5) is 23.0. The van der Waals surface area contributed by atoms with Crippen LogP contribution in [0.1, 0.15) is 181 Å². The quantitative estimate of drug-likeness (QED) is 0.0602. The van der Waals surface area contributed by atoms with Gasteiger partial charge in [0.05, 0.1) is 0 Å². The van der Waals surface area contributed by atoms with Gasteiger partial charge in [-0.15, -0.1) is 0 Å². The molecule has 0 aromatic heterocycles. The number of aliphatic carboxylic acids is 1. The van der Waals surface area contributed by atoms with E-state index >= 15 is 0 Å². The number of rotatable bonds is 29. The fourth-order valence-electron chi connectivity index (χ4n) is 4.82. The van der Waals surface area contributed by atoms with Crippen LogP contribution in [0.5, 0.6) is 0 Å². The summed E-state index contributed by atoms with van der Waals surface area (Å²) in [5, 5.41) is 8.68. The van der Waals surface area contributed by atoms with Crippen molar-refractivity contribution in [2.45, 2.75) is 187 Å². The fourth-order valence-corrected chi connectivity index (χ4v) is 4.82. The normalized spacial score (nSPS) is 12.3. The third-order valence-corrected chi connectivity index (χ3v) is 7.24. The van der Waals surface area contributed by atoms with Gasteiger partial charge in [0, 0.05) is 12.8 Å². The Morgan fingerprint density at radius 3 is 1.51 bits per heavy atom. The second-order valence-electron chi connectivity index (χ2n) is 11.0. The zero-order chi connectivity index (χ0) is 27.2. The average molecular weight is 523 g/mol. The number of unbranched alkanes of at least 4 members (excludes halogenated alkanes) is 18. The second kappa shape index (κ2) is 29.2. The Labute approximate surface area is 230 Å². The maximum atomic E-state index is 12.4. The maximum Gasteiger partial charge on any atom is 0.306 e. The Hall–Kier alpha value is -1.32. The zero-order valence-corrected chi connectivity index (χ0v) is 24.8. The van der Waals surface area contributed by atoms with Gasteiger partial charge in [0.15, 0.2) is 0 Å². The van der Waals surface area contributed by atoms with Crippen molar-refractivity contribution >= 4 is 11.9 Å². The number of hydrogen-bond acceptors (Lipinski definition) is 3. The summed E-state index contributed by atoms with van der Waals surface area (Å²) < 4.78 is 5.89. The summed E-state index contributed by atoms with van der Waals surface area (Å²) >= 11 is 0. The third-order valence-electron chi connectivity index (χ3n) is 7.24. The summed E-state index contributed by atoms with van der Waals surface area (Å²) in [5.74, 6) is -0.685. The van der Waals surface area contributed by atoms with Crippen LogP contribution in [0.15, 0.2) is 12.2 Å². The van der Waals surface area contributed by atoms with Gasteiger partial charge in [0.25, 0.3) is 0 Å². The Morgan fingerprint density at radius 1 is 0.568 bits per heavy atom. The first-order chi connectivity index (χ1) is 18.1. The van der Waals surface area contributed by atoms with Crippen molar-refractivity contribution in [1.29, 1.82) is 0 Å². The second-order valence-corrected chi connectivity index (χ2v) is 11.0. The first kappa shape index (κ1) is 35.7. The number of carbonyl (C=O) groups is 2. The molecule has 0 rings (SSSR count). The van der Waals surface area contributed by atoms with E-state index < -0.39 is 5.97 Å². The molecule has 218 valence electrons. The van der Waals surface area contributed by atoms with E-state index in [2.05, 4.69) is 26.0 Å². The minimum Gasteiger partial charge on any atom is -0.481 e. The van der Waals surface area contributed by atoms with E-state index in [1.165, 1.54) is 96.3 Å². The van der Waals surface area contributed by atoms with Crippen LogP contribution >= 0.6 is 0 Å². The Morgan fingerprint density at radius 2 is 0.973 bits per heavy atom. The molecule has 0 aliphatic heterocycles. The number of carboxylic acid groups (broad SMARTS) is 1. The van der Waals surface area contributed by atoms with E-state index in [1.807, 2.05) is 0 Å². The molecule has 1 atom stereocenters. The highest BCUT2D eigenvalue weighted by Crippen LogP contribution is 2.18. The van der Waals surface area contributed by atoms with Crippen LogP contribution in [0.2, 0.25) is 0 Å². The van der Waals surface area contributed by atoms with Gasteiger partial charge in [0.2, 0.25) is 0 Å². The molecule has 0 spiro atoms. The van der Waals surface area contributed by atoms with Crippen LogP contribution in [0.25, 0.3) is 0 Å². The highest BCUT2D eigenvalue weighted by Gasteiger charge is 2.14. The van der Waals surface area contributed by atoms with Crippen LogP contribution in [0.3, 0.4) is 0 Å². The molecule has 0 aromatic carbocycles. The number of ether oxygens (including phenoxy) is 1. The largest absolute Gasteiger partial charge is 0.481 e. The predicted molar refractivity (Wildman–Crippen MR) is 158 cm³/mol. The van der Waals surface area contributed by atoms with E-state index in [-0.39, 0.29) is 12.1 Å². The smallest absolute Gasteiger partial charge is 0.306 e. The van der Waals surface area contributed by atoms with Gasteiger partial charge < -0.3 is 9.84 Å². The van der Waals surface area contributed by atoms with Gasteiger partial charge in [-0.3, -0.25) is 9.59 Å². The molecule has 37 heavy (non-hydrogen) atoms. The monoisotopic (exact) mass is 522 g/mol. The van der Waals surface area contributed by atoms with Gasteiger partial charge >= 0.3 is 11.9 Å². The van der Waals surface area contributed by atoms with Crippen LogP contribution in [-0.2, 0) is 14.3 Å². The lowest BCUT2D eigenvalue weighted by Crippen LogP contribution is -2.18. The van der Waals surface area contributed by atoms with Crippen molar-refractivity contribution in [2.75, 3.05) is 0 Å². The first-order valence-corrected chi connectivity index (χ1v) is 16.2. The standard InChI is InChI=1S/C33H62O4/c1-3-5-7-8-9-10-11-12-13-14-15-19-22-26-30-33(36)37-31(27-23-6-4-2)28-24-20-17-16-18-21-25-29-32(34)35/h10-11,31H,3-9,12-30H2,1-2H3,(H,34,35)/b11-10-. The molecule has 0 radical (unpaired) electrons. The van der Waals surface area contributed by atoms with Gasteiger partial charge in [-0.05, 0) is 64.2 Å². The molecule has 0 fully saturated rings. The summed E-state index contributed by atoms with van der Waals surface area (Å²) in [6.45, 7) is 4.47. The lowest BCUT2D eigenvalue weighted by Gasteiger charge is -2.18. The summed E-state index contributed by atoms with van der Waals surface area (Å²) in [6, 6.07) is 0.